The third-order valence-electron chi connectivity index (χ3n) is 3.60. The minimum absolute atomic E-state index is 0.158. The zero-order valence-electron chi connectivity index (χ0n) is 11.4. The van der Waals surface area contributed by atoms with E-state index in [0.717, 1.165) is 21.8 Å². The van der Waals surface area contributed by atoms with Crippen LogP contribution in [0, 0.1) is 13.8 Å². The molecule has 0 unspecified atom stereocenters. The van der Waals surface area contributed by atoms with Crippen molar-refractivity contribution in [3.8, 4) is 0 Å². The smallest absolute Gasteiger partial charge is 0.263 e. The fraction of sp³-hybridized carbons (Fsp3) is 0.333. The highest BCUT2D eigenvalue weighted by Gasteiger charge is 2.32. The van der Waals surface area contributed by atoms with Crippen LogP contribution in [0.3, 0.4) is 0 Å². The summed E-state index contributed by atoms with van der Waals surface area (Å²) in [5.74, 6) is -0.158. The maximum atomic E-state index is 12.3. The molecule has 1 aromatic carbocycles. The van der Waals surface area contributed by atoms with Crippen molar-refractivity contribution in [3.05, 3.63) is 51.0 Å². The van der Waals surface area contributed by atoms with Gasteiger partial charge in [0.25, 0.3) is 5.91 Å². The summed E-state index contributed by atoms with van der Waals surface area (Å²) in [6.07, 6.45) is 0.0209. The molecule has 2 atom stereocenters. The Morgan fingerprint density at radius 3 is 2.85 bits per heavy atom. The summed E-state index contributed by atoms with van der Waals surface area (Å²) in [5.41, 5.74) is 2.85. The molecule has 1 aliphatic rings. The summed E-state index contributed by atoms with van der Waals surface area (Å²) < 4.78 is 0. The van der Waals surface area contributed by atoms with Crippen molar-refractivity contribution >= 4 is 17.2 Å². The lowest BCUT2D eigenvalue weighted by Crippen LogP contribution is -2.33. The summed E-state index contributed by atoms with van der Waals surface area (Å²) in [5, 5.41) is 14.0. The van der Waals surface area contributed by atoms with Crippen molar-refractivity contribution in [2.75, 3.05) is 0 Å². The molecule has 2 N–H and O–H groups in total. The van der Waals surface area contributed by atoms with Gasteiger partial charge in [-0.3, -0.25) is 4.79 Å². The topological polar surface area (TPSA) is 62.2 Å². The van der Waals surface area contributed by atoms with Crippen molar-refractivity contribution in [2.24, 2.45) is 0 Å². The van der Waals surface area contributed by atoms with Crippen LogP contribution in [-0.4, -0.2) is 22.1 Å². The number of carbonyl (C=O) groups is 1. The number of benzene rings is 1. The highest BCUT2D eigenvalue weighted by atomic mass is 32.1. The van der Waals surface area contributed by atoms with Crippen molar-refractivity contribution in [1.29, 1.82) is 0 Å². The molecular formula is C15H16N2O2S. The number of nitrogens with one attached hydrogen (secondary N) is 1. The standard InChI is InChI=1S/C15H16N2O2S/c1-8-14(20-9(2)16-8)15(19)17-13-11-6-4-3-5-10(11)7-12(13)18/h3-6,12-13,18H,7H2,1-2H3,(H,17,19)/t12-,13+/m0/s1. The molecule has 0 bridgehead atoms. The van der Waals surface area contributed by atoms with Crippen molar-refractivity contribution < 1.29 is 9.90 Å². The highest BCUT2D eigenvalue weighted by Crippen LogP contribution is 2.31. The summed E-state index contributed by atoms with van der Waals surface area (Å²) in [4.78, 5) is 17.2. The lowest BCUT2D eigenvalue weighted by atomic mass is 10.1. The third-order valence-corrected chi connectivity index (χ3v) is 4.67. The molecule has 1 heterocycles. The van der Waals surface area contributed by atoms with Gasteiger partial charge >= 0.3 is 0 Å². The van der Waals surface area contributed by atoms with Crippen molar-refractivity contribution in [3.63, 3.8) is 0 Å². The Hall–Kier alpha value is -1.72. The molecule has 0 spiro atoms. The van der Waals surface area contributed by atoms with Gasteiger partial charge in [-0.15, -0.1) is 11.3 Å². The summed E-state index contributed by atoms with van der Waals surface area (Å²) in [6, 6.07) is 7.50. The number of fused-ring (bicyclic) bond motifs is 1. The molecule has 0 saturated heterocycles. The first-order valence-electron chi connectivity index (χ1n) is 6.57. The van der Waals surface area contributed by atoms with Gasteiger partial charge in [0.05, 0.1) is 22.8 Å². The van der Waals surface area contributed by atoms with Crippen LogP contribution in [0.4, 0.5) is 0 Å². The van der Waals surface area contributed by atoms with E-state index in [1.54, 1.807) is 0 Å². The second-order valence-electron chi connectivity index (χ2n) is 5.07. The number of aromatic nitrogens is 1. The number of aliphatic hydroxyl groups is 1. The van der Waals surface area contributed by atoms with Gasteiger partial charge in [0.1, 0.15) is 4.88 Å². The van der Waals surface area contributed by atoms with Crippen LogP contribution in [0.5, 0.6) is 0 Å². The summed E-state index contributed by atoms with van der Waals surface area (Å²) >= 11 is 1.38. The second-order valence-corrected chi connectivity index (χ2v) is 6.27. The monoisotopic (exact) mass is 288 g/mol. The molecule has 0 aliphatic heterocycles. The molecule has 20 heavy (non-hydrogen) atoms. The Labute approximate surface area is 121 Å². The molecule has 0 radical (unpaired) electrons. The van der Waals surface area contributed by atoms with Gasteiger partial charge in [0, 0.05) is 6.42 Å². The first-order valence-corrected chi connectivity index (χ1v) is 7.38. The SMILES string of the molecule is Cc1nc(C)c(C(=O)N[C@@H]2c3ccccc3C[C@@H]2O)s1. The minimum atomic E-state index is -0.564. The molecule has 1 amide bonds. The number of carbonyl (C=O) groups excluding carboxylic acids is 1. The normalized spacial score (nSPS) is 20.8. The van der Waals surface area contributed by atoms with E-state index >= 15 is 0 Å². The summed E-state index contributed by atoms with van der Waals surface area (Å²) in [7, 11) is 0. The number of aliphatic hydroxyl groups excluding tert-OH is 1. The number of rotatable bonds is 2. The fourth-order valence-electron chi connectivity index (χ4n) is 2.70. The molecule has 3 rings (SSSR count). The van der Waals surface area contributed by atoms with Gasteiger partial charge in [-0.25, -0.2) is 4.98 Å². The average molecular weight is 288 g/mol. The largest absolute Gasteiger partial charge is 0.390 e. The van der Waals surface area contributed by atoms with Crippen LogP contribution in [-0.2, 0) is 6.42 Å². The average Bonchev–Trinajstić information content (AvgIpc) is 2.90. The minimum Gasteiger partial charge on any atom is -0.390 e. The molecule has 0 saturated carbocycles. The van der Waals surface area contributed by atoms with Crippen LogP contribution in [0.15, 0.2) is 24.3 Å². The lowest BCUT2D eigenvalue weighted by Gasteiger charge is -2.17. The van der Waals surface area contributed by atoms with E-state index in [-0.39, 0.29) is 11.9 Å². The molecule has 5 heteroatoms. The number of thiazole rings is 1. The van der Waals surface area contributed by atoms with Gasteiger partial charge in [-0.2, -0.15) is 0 Å². The zero-order valence-corrected chi connectivity index (χ0v) is 12.2. The van der Waals surface area contributed by atoms with E-state index in [1.807, 2.05) is 38.1 Å². The van der Waals surface area contributed by atoms with E-state index in [1.165, 1.54) is 11.3 Å². The Morgan fingerprint density at radius 1 is 1.40 bits per heavy atom. The molecular weight excluding hydrogens is 272 g/mol. The zero-order chi connectivity index (χ0) is 14.3. The Balaban J connectivity index is 1.85. The molecule has 1 aromatic heterocycles. The number of amides is 1. The van der Waals surface area contributed by atoms with Gasteiger partial charge in [-0.05, 0) is 25.0 Å². The quantitative estimate of drug-likeness (QED) is 0.890. The van der Waals surface area contributed by atoms with Crippen LogP contribution in [0.1, 0.15) is 37.5 Å². The lowest BCUT2D eigenvalue weighted by molar-refractivity contribution is 0.0861. The molecule has 104 valence electrons. The maximum absolute atomic E-state index is 12.3. The second kappa shape index (κ2) is 5.00. The number of hydrogen-bond acceptors (Lipinski definition) is 4. The van der Waals surface area contributed by atoms with E-state index in [2.05, 4.69) is 10.3 Å². The first-order chi connectivity index (χ1) is 9.56. The third kappa shape index (κ3) is 2.23. The van der Waals surface area contributed by atoms with Crippen LogP contribution >= 0.6 is 11.3 Å². The first kappa shape index (κ1) is 13.3. The molecule has 0 fully saturated rings. The van der Waals surface area contributed by atoms with Gasteiger partial charge in [-0.1, -0.05) is 24.3 Å². The van der Waals surface area contributed by atoms with Gasteiger partial charge < -0.3 is 10.4 Å². The molecule has 4 nitrogen and oxygen atoms in total. The van der Waals surface area contributed by atoms with Crippen LogP contribution in [0.25, 0.3) is 0 Å². The van der Waals surface area contributed by atoms with Gasteiger partial charge in [0.15, 0.2) is 0 Å². The Kier molecular flexibility index (Phi) is 3.31. The summed E-state index contributed by atoms with van der Waals surface area (Å²) in [6.45, 7) is 3.71. The van der Waals surface area contributed by atoms with E-state index < -0.39 is 6.10 Å². The van der Waals surface area contributed by atoms with Crippen LogP contribution in [0.2, 0.25) is 0 Å². The molecule has 2 aromatic rings. The fourth-order valence-corrected chi connectivity index (χ4v) is 3.52. The van der Waals surface area contributed by atoms with Gasteiger partial charge in [0.2, 0.25) is 0 Å². The number of hydrogen-bond donors (Lipinski definition) is 2. The highest BCUT2D eigenvalue weighted by molar-refractivity contribution is 7.13. The molecule has 1 aliphatic carbocycles. The number of nitrogens with zero attached hydrogens (tertiary/aromatic N) is 1. The van der Waals surface area contributed by atoms with Crippen molar-refractivity contribution in [2.45, 2.75) is 32.4 Å². The van der Waals surface area contributed by atoms with Crippen LogP contribution < -0.4 is 5.32 Å². The maximum Gasteiger partial charge on any atom is 0.263 e. The number of aryl methyl sites for hydroxylation is 2. The Morgan fingerprint density at radius 2 is 2.15 bits per heavy atom. The Bertz CT molecular complexity index is 666. The van der Waals surface area contributed by atoms with E-state index in [4.69, 9.17) is 0 Å². The van der Waals surface area contributed by atoms with E-state index in [9.17, 15) is 9.90 Å². The van der Waals surface area contributed by atoms with Crippen molar-refractivity contribution in [1.82, 2.24) is 10.3 Å². The van der Waals surface area contributed by atoms with E-state index in [0.29, 0.717) is 11.3 Å². The predicted molar refractivity (Wildman–Crippen MR) is 77.9 cm³/mol. The predicted octanol–water partition coefficient (Wildman–Crippen LogP) is 2.15.